The molecule has 2 amide bonds. The number of carbonyl (C=O) groups is 1. The van der Waals surface area contributed by atoms with E-state index in [1.165, 1.54) is 0 Å². The van der Waals surface area contributed by atoms with Crippen molar-refractivity contribution >= 4 is 6.03 Å². The molecule has 0 aromatic rings. The van der Waals surface area contributed by atoms with Gasteiger partial charge in [0.15, 0.2) is 0 Å². The third-order valence-corrected chi connectivity index (χ3v) is 2.85. The maximum Gasteiger partial charge on any atom is 0.320 e. The van der Waals surface area contributed by atoms with E-state index in [1.54, 1.807) is 4.90 Å². The van der Waals surface area contributed by atoms with Gasteiger partial charge in [0, 0.05) is 39.3 Å². The molecule has 0 spiro atoms. The quantitative estimate of drug-likeness (QED) is 0.621. The lowest BCUT2D eigenvalue weighted by Gasteiger charge is -2.36. The molecular weight excluding hydrogens is 178 g/mol. The number of likely N-dealkylation sites (N-methyl/N-ethyl adjacent to an activating group) is 1. The minimum atomic E-state index is 0.160. The summed E-state index contributed by atoms with van der Waals surface area (Å²) in [6, 6.07) is 0.440. The highest BCUT2D eigenvalue weighted by Crippen LogP contribution is 2.05. The Morgan fingerprint density at radius 1 is 1.21 bits per heavy atom. The average molecular weight is 199 g/mol. The van der Waals surface area contributed by atoms with Gasteiger partial charge in [0.25, 0.3) is 0 Å². The van der Waals surface area contributed by atoms with Gasteiger partial charge in [-0.15, -0.1) is 0 Å². The van der Waals surface area contributed by atoms with Crippen molar-refractivity contribution in [3.8, 4) is 0 Å². The molecule has 1 aliphatic rings. The fourth-order valence-electron chi connectivity index (χ4n) is 1.44. The Balaban J connectivity index is 2.45. The fourth-order valence-corrected chi connectivity index (χ4v) is 1.44. The summed E-state index contributed by atoms with van der Waals surface area (Å²) in [4.78, 5) is 17.9. The molecular formula is C10H21N3O. The van der Waals surface area contributed by atoms with Crippen LogP contribution in [-0.2, 0) is 0 Å². The van der Waals surface area contributed by atoms with Gasteiger partial charge in [-0.3, -0.25) is 0 Å². The van der Waals surface area contributed by atoms with E-state index in [-0.39, 0.29) is 12.1 Å². The minimum absolute atomic E-state index is 0.160. The van der Waals surface area contributed by atoms with Gasteiger partial charge in [-0.25, -0.2) is 4.79 Å². The summed E-state index contributed by atoms with van der Waals surface area (Å²) >= 11 is 0. The van der Waals surface area contributed by atoms with Crippen molar-refractivity contribution < 1.29 is 4.79 Å². The maximum atomic E-state index is 11.9. The second-order valence-electron chi connectivity index (χ2n) is 4.28. The van der Waals surface area contributed by atoms with E-state index in [2.05, 4.69) is 11.9 Å². The first-order chi connectivity index (χ1) is 6.52. The summed E-state index contributed by atoms with van der Waals surface area (Å²) in [7, 11) is 3.96. The van der Waals surface area contributed by atoms with E-state index in [0.29, 0.717) is 0 Å². The van der Waals surface area contributed by atoms with Crippen molar-refractivity contribution in [1.29, 1.82) is 0 Å². The molecule has 0 atom stereocenters. The highest BCUT2D eigenvalue weighted by molar-refractivity contribution is 5.74. The summed E-state index contributed by atoms with van der Waals surface area (Å²) in [5.41, 5.74) is 0. The molecule has 82 valence electrons. The van der Waals surface area contributed by atoms with Crippen molar-refractivity contribution in [2.24, 2.45) is 0 Å². The van der Waals surface area contributed by atoms with Crippen molar-refractivity contribution in [2.45, 2.75) is 19.9 Å². The summed E-state index contributed by atoms with van der Waals surface area (Å²) in [6.07, 6.45) is 0. The number of urea groups is 1. The molecule has 14 heavy (non-hydrogen) atoms. The van der Waals surface area contributed by atoms with Gasteiger partial charge >= 0.3 is 6.03 Å². The van der Waals surface area contributed by atoms with Gasteiger partial charge in [0.2, 0.25) is 0 Å². The van der Waals surface area contributed by atoms with Crippen LogP contribution in [0.25, 0.3) is 0 Å². The van der Waals surface area contributed by atoms with Crippen LogP contribution in [0.3, 0.4) is 0 Å². The second kappa shape index (κ2) is 4.64. The van der Waals surface area contributed by atoms with Crippen LogP contribution >= 0.6 is 0 Å². The van der Waals surface area contributed by atoms with Crippen molar-refractivity contribution in [3.05, 3.63) is 0 Å². The lowest BCUT2D eigenvalue weighted by molar-refractivity contribution is 0.122. The molecule has 4 heteroatoms. The van der Waals surface area contributed by atoms with Gasteiger partial charge in [0.05, 0.1) is 0 Å². The standard InChI is InChI=1S/C10H21N3O/c1-9(2)12(4)10(14)13-7-5-11(3)6-8-13/h9H,5-8H2,1-4H3. The number of nitrogens with zero attached hydrogens (tertiary/aromatic N) is 3. The van der Waals surface area contributed by atoms with Crippen LogP contribution in [-0.4, -0.2) is 67.0 Å². The summed E-state index contributed by atoms with van der Waals surface area (Å²) in [5.74, 6) is 0. The summed E-state index contributed by atoms with van der Waals surface area (Å²) in [5, 5.41) is 0. The maximum absolute atomic E-state index is 11.9. The summed E-state index contributed by atoms with van der Waals surface area (Å²) in [6.45, 7) is 7.75. The second-order valence-corrected chi connectivity index (χ2v) is 4.28. The van der Waals surface area contributed by atoms with Crippen LogP contribution in [0.4, 0.5) is 4.79 Å². The summed E-state index contributed by atoms with van der Waals surface area (Å²) < 4.78 is 0. The van der Waals surface area contributed by atoms with Crippen LogP contribution in [0.2, 0.25) is 0 Å². The molecule has 4 nitrogen and oxygen atoms in total. The molecule has 0 saturated carbocycles. The van der Waals surface area contributed by atoms with Gasteiger partial charge < -0.3 is 14.7 Å². The SMILES string of the molecule is CC(C)N(C)C(=O)N1CCN(C)CC1. The first-order valence-electron chi connectivity index (χ1n) is 5.22. The molecule has 1 fully saturated rings. The van der Waals surface area contributed by atoms with Gasteiger partial charge in [-0.2, -0.15) is 0 Å². The zero-order chi connectivity index (χ0) is 10.7. The van der Waals surface area contributed by atoms with E-state index in [1.807, 2.05) is 25.8 Å². The molecule has 0 aromatic heterocycles. The van der Waals surface area contributed by atoms with E-state index in [9.17, 15) is 4.79 Å². The first-order valence-corrected chi connectivity index (χ1v) is 5.22. The minimum Gasteiger partial charge on any atom is -0.325 e. The number of hydrogen-bond donors (Lipinski definition) is 0. The largest absolute Gasteiger partial charge is 0.325 e. The highest BCUT2D eigenvalue weighted by Gasteiger charge is 2.22. The Kier molecular flexibility index (Phi) is 3.75. The Morgan fingerprint density at radius 2 is 1.71 bits per heavy atom. The van der Waals surface area contributed by atoms with E-state index in [4.69, 9.17) is 0 Å². The lowest BCUT2D eigenvalue weighted by atomic mass is 10.3. The molecule has 0 unspecified atom stereocenters. The topological polar surface area (TPSA) is 26.8 Å². The third kappa shape index (κ3) is 2.61. The molecule has 1 rings (SSSR count). The highest BCUT2D eigenvalue weighted by atomic mass is 16.2. The third-order valence-electron chi connectivity index (χ3n) is 2.85. The normalized spacial score (nSPS) is 18.8. The number of piperazine rings is 1. The molecule has 0 aliphatic carbocycles. The Labute approximate surface area is 86.5 Å². The van der Waals surface area contributed by atoms with E-state index in [0.717, 1.165) is 26.2 Å². The van der Waals surface area contributed by atoms with Crippen LogP contribution < -0.4 is 0 Å². The predicted molar refractivity (Wildman–Crippen MR) is 57.4 cm³/mol. The van der Waals surface area contributed by atoms with Gasteiger partial charge in [-0.05, 0) is 20.9 Å². The molecule has 0 radical (unpaired) electrons. The van der Waals surface area contributed by atoms with Crippen LogP contribution in [0.5, 0.6) is 0 Å². The van der Waals surface area contributed by atoms with Crippen molar-refractivity contribution in [2.75, 3.05) is 40.3 Å². The predicted octanol–water partition coefficient (Wildman–Crippen LogP) is 0.694. The Morgan fingerprint density at radius 3 is 2.14 bits per heavy atom. The molecule has 0 N–H and O–H groups in total. The number of carbonyl (C=O) groups excluding carboxylic acids is 1. The Bertz CT molecular complexity index is 198. The Hall–Kier alpha value is -0.770. The average Bonchev–Trinajstić information content (AvgIpc) is 2.16. The molecule has 1 aliphatic heterocycles. The number of hydrogen-bond acceptors (Lipinski definition) is 2. The molecule has 0 aromatic carbocycles. The van der Waals surface area contributed by atoms with Gasteiger partial charge in [0.1, 0.15) is 0 Å². The van der Waals surface area contributed by atoms with E-state index >= 15 is 0 Å². The van der Waals surface area contributed by atoms with Crippen molar-refractivity contribution in [3.63, 3.8) is 0 Å². The zero-order valence-corrected chi connectivity index (χ0v) is 9.66. The van der Waals surface area contributed by atoms with Crippen molar-refractivity contribution in [1.82, 2.24) is 14.7 Å². The fraction of sp³-hybridized carbons (Fsp3) is 0.900. The zero-order valence-electron chi connectivity index (χ0n) is 9.66. The first kappa shape index (κ1) is 11.3. The molecule has 0 bridgehead atoms. The van der Waals surface area contributed by atoms with Gasteiger partial charge in [-0.1, -0.05) is 0 Å². The van der Waals surface area contributed by atoms with Crippen LogP contribution in [0, 0.1) is 0 Å². The van der Waals surface area contributed by atoms with E-state index < -0.39 is 0 Å². The monoisotopic (exact) mass is 199 g/mol. The number of amides is 2. The lowest BCUT2D eigenvalue weighted by Crippen LogP contribution is -2.52. The molecule has 1 saturated heterocycles. The molecule has 1 heterocycles. The smallest absolute Gasteiger partial charge is 0.320 e. The van der Waals surface area contributed by atoms with Crippen LogP contribution in [0.15, 0.2) is 0 Å². The number of rotatable bonds is 1. The van der Waals surface area contributed by atoms with Crippen LogP contribution in [0.1, 0.15) is 13.8 Å².